The van der Waals surface area contributed by atoms with E-state index in [2.05, 4.69) is 20.8 Å². The molecule has 0 radical (unpaired) electrons. The van der Waals surface area contributed by atoms with Crippen LogP contribution in [0, 0.1) is 13.8 Å². The lowest BCUT2D eigenvalue weighted by atomic mass is 10.1. The highest BCUT2D eigenvalue weighted by molar-refractivity contribution is 6.03. The van der Waals surface area contributed by atoms with Crippen molar-refractivity contribution in [1.82, 2.24) is 10.2 Å². The van der Waals surface area contributed by atoms with Crippen LogP contribution >= 0.6 is 0 Å². The third kappa shape index (κ3) is 3.80. The number of rotatable bonds is 5. The summed E-state index contributed by atoms with van der Waals surface area (Å²) in [6.07, 6.45) is 0. The van der Waals surface area contributed by atoms with Gasteiger partial charge in [-0.25, -0.2) is 0 Å². The van der Waals surface area contributed by atoms with E-state index in [1.54, 1.807) is 19.2 Å². The number of aromatic nitrogens is 2. The summed E-state index contributed by atoms with van der Waals surface area (Å²) >= 11 is 0. The zero-order valence-corrected chi connectivity index (χ0v) is 14.9. The Morgan fingerprint density at radius 3 is 2.42 bits per heavy atom. The molecule has 26 heavy (non-hydrogen) atoms. The minimum Gasteiger partial charge on any atom is -0.495 e. The van der Waals surface area contributed by atoms with E-state index in [-0.39, 0.29) is 11.6 Å². The van der Waals surface area contributed by atoms with Crippen molar-refractivity contribution in [2.75, 3.05) is 17.7 Å². The molecule has 2 aromatic carbocycles. The number of aryl methyl sites for hydroxylation is 1. The van der Waals surface area contributed by atoms with Gasteiger partial charge < -0.3 is 15.4 Å². The normalized spacial score (nSPS) is 10.3. The number of para-hydroxylation sites is 2. The quantitative estimate of drug-likeness (QED) is 0.726. The molecule has 6 nitrogen and oxygen atoms in total. The van der Waals surface area contributed by atoms with Gasteiger partial charge in [-0.2, -0.15) is 0 Å². The molecule has 0 atom stereocenters. The molecule has 0 saturated heterocycles. The van der Waals surface area contributed by atoms with Crippen LogP contribution in [-0.2, 0) is 0 Å². The molecule has 0 bridgehead atoms. The number of hydrogen-bond donors (Lipinski definition) is 2. The molecule has 0 aliphatic rings. The van der Waals surface area contributed by atoms with Crippen molar-refractivity contribution in [2.45, 2.75) is 13.8 Å². The van der Waals surface area contributed by atoms with E-state index in [4.69, 9.17) is 4.74 Å². The van der Waals surface area contributed by atoms with Gasteiger partial charge in [0.05, 0.1) is 12.8 Å². The number of anilines is 3. The predicted molar refractivity (Wildman–Crippen MR) is 102 cm³/mol. The van der Waals surface area contributed by atoms with E-state index >= 15 is 0 Å². The van der Waals surface area contributed by atoms with Crippen LogP contribution in [0.4, 0.5) is 17.2 Å². The van der Waals surface area contributed by atoms with Crippen molar-refractivity contribution in [2.24, 2.45) is 0 Å². The smallest absolute Gasteiger partial charge is 0.276 e. The highest BCUT2D eigenvalue weighted by Gasteiger charge is 2.11. The van der Waals surface area contributed by atoms with Crippen molar-refractivity contribution in [3.05, 3.63) is 71.4 Å². The summed E-state index contributed by atoms with van der Waals surface area (Å²) in [5, 5.41) is 14.1. The number of nitrogens with zero attached hydrogens (tertiary/aromatic N) is 2. The predicted octanol–water partition coefficient (Wildman–Crippen LogP) is 4.10. The Balaban J connectivity index is 1.73. The second-order valence-corrected chi connectivity index (χ2v) is 5.83. The Labute approximate surface area is 152 Å². The maximum atomic E-state index is 12.4. The Morgan fingerprint density at radius 2 is 1.69 bits per heavy atom. The SMILES string of the molecule is COc1ccccc1Nc1ccc(C(=O)Nc2cccc(C)c2C)nn1. The number of amides is 1. The Morgan fingerprint density at radius 1 is 0.923 bits per heavy atom. The average molecular weight is 348 g/mol. The molecule has 1 amide bonds. The van der Waals surface area contributed by atoms with Gasteiger partial charge in [0.25, 0.3) is 5.91 Å². The van der Waals surface area contributed by atoms with Gasteiger partial charge in [0, 0.05) is 5.69 Å². The van der Waals surface area contributed by atoms with E-state index in [0.29, 0.717) is 11.6 Å². The molecule has 0 aliphatic carbocycles. The maximum Gasteiger partial charge on any atom is 0.276 e. The summed E-state index contributed by atoms with van der Waals surface area (Å²) in [6, 6.07) is 16.6. The molecule has 0 saturated carbocycles. The van der Waals surface area contributed by atoms with Crippen LogP contribution in [0.3, 0.4) is 0 Å². The second kappa shape index (κ2) is 7.65. The molecule has 0 aliphatic heterocycles. The van der Waals surface area contributed by atoms with Crippen LogP contribution in [-0.4, -0.2) is 23.2 Å². The first kappa shape index (κ1) is 17.4. The summed E-state index contributed by atoms with van der Waals surface area (Å²) < 4.78 is 5.29. The molecule has 2 N–H and O–H groups in total. The van der Waals surface area contributed by atoms with Gasteiger partial charge in [0.15, 0.2) is 11.5 Å². The summed E-state index contributed by atoms with van der Waals surface area (Å²) in [6.45, 7) is 3.97. The van der Waals surface area contributed by atoms with Gasteiger partial charge in [-0.15, -0.1) is 10.2 Å². The topological polar surface area (TPSA) is 76.1 Å². The van der Waals surface area contributed by atoms with Crippen LogP contribution in [0.5, 0.6) is 5.75 Å². The third-order valence-corrected chi connectivity index (χ3v) is 4.12. The summed E-state index contributed by atoms with van der Waals surface area (Å²) in [7, 11) is 1.60. The number of carbonyl (C=O) groups excluding carboxylic acids is 1. The molecule has 3 rings (SSSR count). The van der Waals surface area contributed by atoms with E-state index in [0.717, 1.165) is 22.5 Å². The van der Waals surface area contributed by atoms with Crippen LogP contribution < -0.4 is 15.4 Å². The third-order valence-electron chi connectivity index (χ3n) is 4.12. The number of hydrogen-bond acceptors (Lipinski definition) is 5. The van der Waals surface area contributed by atoms with E-state index in [9.17, 15) is 4.79 Å². The van der Waals surface area contributed by atoms with E-state index in [1.807, 2.05) is 56.3 Å². The number of ether oxygens (including phenoxy) is 1. The number of benzene rings is 2. The van der Waals surface area contributed by atoms with Crippen molar-refractivity contribution < 1.29 is 9.53 Å². The van der Waals surface area contributed by atoms with Crippen molar-refractivity contribution >= 4 is 23.1 Å². The molecule has 132 valence electrons. The second-order valence-electron chi connectivity index (χ2n) is 5.83. The molecular formula is C20H20N4O2. The maximum absolute atomic E-state index is 12.4. The zero-order valence-electron chi connectivity index (χ0n) is 14.9. The highest BCUT2D eigenvalue weighted by atomic mass is 16.5. The molecule has 1 aromatic heterocycles. The van der Waals surface area contributed by atoms with Crippen LogP contribution in [0.25, 0.3) is 0 Å². The number of methoxy groups -OCH3 is 1. The fourth-order valence-corrected chi connectivity index (χ4v) is 2.48. The molecular weight excluding hydrogens is 328 g/mol. The number of nitrogens with one attached hydrogen (secondary N) is 2. The first-order chi connectivity index (χ1) is 12.6. The van der Waals surface area contributed by atoms with E-state index < -0.39 is 0 Å². The van der Waals surface area contributed by atoms with Crippen molar-refractivity contribution in [3.63, 3.8) is 0 Å². The molecule has 0 spiro atoms. The summed E-state index contributed by atoms with van der Waals surface area (Å²) in [4.78, 5) is 12.4. The lowest BCUT2D eigenvalue weighted by molar-refractivity contribution is 0.102. The largest absolute Gasteiger partial charge is 0.495 e. The van der Waals surface area contributed by atoms with Crippen LogP contribution in [0.2, 0.25) is 0 Å². The van der Waals surface area contributed by atoms with Crippen LogP contribution in [0.1, 0.15) is 21.6 Å². The van der Waals surface area contributed by atoms with Gasteiger partial charge in [0.2, 0.25) is 0 Å². The summed E-state index contributed by atoms with van der Waals surface area (Å²) in [5.41, 5.74) is 3.94. The first-order valence-corrected chi connectivity index (χ1v) is 8.20. The summed E-state index contributed by atoms with van der Waals surface area (Å²) in [5.74, 6) is 0.930. The fraction of sp³-hybridized carbons (Fsp3) is 0.150. The van der Waals surface area contributed by atoms with Gasteiger partial charge in [-0.3, -0.25) is 4.79 Å². The molecule has 0 fully saturated rings. The highest BCUT2D eigenvalue weighted by Crippen LogP contribution is 2.26. The lowest BCUT2D eigenvalue weighted by Crippen LogP contribution is -2.15. The van der Waals surface area contributed by atoms with Crippen molar-refractivity contribution in [1.29, 1.82) is 0 Å². The first-order valence-electron chi connectivity index (χ1n) is 8.20. The standard InChI is InChI=1S/C20H20N4O2/c1-13-7-6-9-15(14(13)2)22-20(25)17-11-12-19(24-23-17)21-16-8-4-5-10-18(16)26-3/h4-12H,1-3H3,(H,21,24)(H,22,25). The van der Waals surface area contributed by atoms with Crippen molar-refractivity contribution in [3.8, 4) is 5.75 Å². The Hall–Kier alpha value is -3.41. The lowest BCUT2D eigenvalue weighted by Gasteiger charge is -2.11. The van der Waals surface area contributed by atoms with E-state index in [1.165, 1.54) is 0 Å². The molecule has 6 heteroatoms. The number of carbonyl (C=O) groups is 1. The fourth-order valence-electron chi connectivity index (χ4n) is 2.48. The monoisotopic (exact) mass is 348 g/mol. The zero-order chi connectivity index (χ0) is 18.5. The van der Waals surface area contributed by atoms with Gasteiger partial charge in [-0.1, -0.05) is 24.3 Å². The van der Waals surface area contributed by atoms with Gasteiger partial charge in [0.1, 0.15) is 5.75 Å². The minimum absolute atomic E-state index is 0.247. The Bertz CT molecular complexity index is 923. The molecule has 0 unspecified atom stereocenters. The van der Waals surface area contributed by atoms with Gasteiger partial charge >= 0.3 is 0 Å². The Kier molecular flexibility index (Phi) is 5.12. The van der Waals surface area contributed by atoms with Crippen LogP contribution in [0.15, 0.2) is 54.6 Å². The minimum atomic E-state index is -0.296. The molecule has 1 heterocycles. The average Bonchev–Trinajstić information content (AvgIpc) is 2.66. The van der Waals surface area contributed by atoms with Gasteiger partial charge in [-0.05, 0) is 55.3 Å². The molecule has 3 aromatic rings.